The van der Waals surface area contributed by atoms with Crippen LogP contribution in [0.4, 0.5) is 0 Å². The smallest absolute Gasteiger partial charge is 0.231 e. The molecule has 0 amide bonds. The van der Waals surface area contributed by atoms with Crippen molar-refractivity contribution in [3.05, 3.63) is 23.8 Å². The molecule has 2 heterocycles. The fourth-order valence-electron chi connectivity index (χ4n) is 2.81. The summed E-state index contributed by atoms with van der Waals surface area (Å²) in [6.07, 6.45) is 1.09. The van der Waals surface area contributed by atoms with Gasteiger partial charge in [0.05, 0.1) is 0 Å². The maximum absolute atomic E-state index is 5.50. The first-order valence-electron chi connectivity index (χ1n) is 8.32. The maximum atomic E-state index is 5.50. The van der Waals surface area contributed by atoms with Gasteiger partial charge in [-0.25, -0.2) is 0 Å². The number of thiocarbonyl (C=S) groups is 1. The Morgan fingerprint density at radius 1 is 1.22 bits per heavy atom. The highest BCUT2D eigenvalue weighted by molar-refractivity contribution is 7.80. The van der Waals surface area contributed by atoms with Crippen molar-refractivity contribution in [3.63, 3.8) is 0 Å². The second kappa shape index (κ2) is 7.36. The molecule has 1 aromatic carbocycles. The molecule has 0 aromatic heterocycles. The summed E-state index contributed by atoms with van der Waals surface area (Å²) in [4.78, 5) is 4.73. The fourth-order valence-corrected chi connectivity index (χ4v) is 3.19. The SMILES string of the molecule is CC[C@@H](C)NC(=S)N1CCN(Cc2ccc3c(c2)OCO3)CC1. The van der Waals surface area contributed by atoms with Crippen molar-refractivity contribution in [1.29, 1.82) is 0 Å². The maximum Gasteiger partial charge on any atom is 0.231 e. The molecule has 0 radical (unpaired) electrons. The van der Waals surface area contributed by atoms with Gasteiger partial charge in [-0.15, -0.1) is 0 Å². The van der Waals surface area contributed by atoms with Gasteiger partial charge in [0.25, 0.3) is 0 Å². The molecular formula is C17H25N3O2S. The first-order chi connectivity index (χ1) is 11.2. The van der Waals surface area contributed by atoms with Crippen LogP contribution in [0.2, 0.25) is 0 Å². The Hall–Kier alpha value is -1.53. The van der Waals surface area contributed by atoms with Gasteiger partial charge in [0.15, 0.2) is 16.6 Å². The van der Waals surface area contributed by atoms with Gasteiger partial charge in [0.2, 0.25) is 6.79 Å². The Morgan fingerprint density at radius 2 is 1.96 bits per heavy atom. The van der Waals surface area contributed by atoms with Crippen LogP contribution in [0.15, 0.2) is 18.2 Å². The van der Waals surface area contributed by atoms with Crippen LogP contribution in [0.1, 0.15) is 25.8 Å². The van der Waals surface area contributed by atoms with Crippen LogP contribution in [0.5, 0.6) is 11.5 Å². The van der Waals surface area contributed by atoms with Gasteiger partial charge in [0.1, 0.15) is 0 Å². The lowest BCUT2D eigenvalue weighted by Crippen LogP contribution is -2.52. The molecule has 126 valence electrons. The van der Waals surface area contributed by atoms with Crippen molar-refractivity contribution < 1.29 is 9.47 Å². The van der Waals surface area contributed by atoms with Crippen LogP contribution < -0.4 is 14.8 Å². The monoisotopic (exact) mass is 335 g/mol. The van der Waals surface area contributed by atoms with Gasteiger partial charge in [0, 0.05) is 38.8 Å². The number of nitrogens with one attached hydrogen (secondary N) is 1. The largest absolute Gasteiger partial charge is 0.454 e. The van der Waals surface area contributed by atoms with Gasteiger partial charge >= 0.3 is 0 Å². The van der Waals surface area contributed by atoms with Crippen LogP contribution in [-0.4, -0.2) is 53.9 Å². The van der Waals surface area contributed by atoms with Gasteiger partial charge in [-0.2, -0.15) is 0 Å². The molecule has 1 fully saturated rings. The van der Waals surface area contributed by atoms with Crippen LogP contribution >= 0.6 is 12.2 Å². The summed E-state index contributed by atoms with van der Waals surface area (Å²) < 4.78 is 10.8. The van der Waals surface area contributed by atoms with Crippen LogP contribution in [0.25, 0.3) is 0 Å². The molecule has 6 heteroatoms. The number of ether oxygens (including phenoxy) is 2. The summed E-state index contributed by atoms with van der Waals surface area (Å²) in [7, 11) is 0. The van der Waals surface area contributed by atoms with Crippen molar-refractivity contribution in [2.45, 2.75) is 32.9 Å². The van der Waals surface area contributed by atoms with E-state index in [-0.39, 0.29) is 0 Å². The van der Waals surface area contributed by atoms with E-state index >= 15 is 0 Å². The lowest BCUT2D eigenvalue weighted by molar-refractivity contribution is 0.172. The van der Waals surface area contributed by atoms with Crippen LogP contribution in [0, 0.1) is 0 Å². The number of fused-ring (bicyclic) bond motifs is 1. The first-order valence-corrected chi connectivity index (χ1v) is 8.73. The van der Waals surface area contributed by atoms with E-state index in [1.807, 2.05) is 6.07 Å². The number of hydrogen-bond donors (Lipinski definition) is 1. The molecule has 23 heavy (non-hydrogen) atoms. The first kappa shape index (κ1) is 16.3. The topological polar surface area (TPSA) is 37.0 Å². The van der Waals surface area contributed by atoms with E-state index in [0.717, 1.165) is 55.8 Å². The molecule has 3 rings (SSSR count). The highest BCUT2D eigenvalue weighted by atomic mass is 32.1. The third-order valence-electron chi connectivity index (χ3n) is 4.48. The summed E-state index contributed by atoms with van der Waals surface area (Å²) >= 11 is 5.50. The number of rotatable bonds is 4. The van der Waals surface area contributed by atoms with Gasteiger partial charge in [-0.1, -0.05) is 13.0 Å². The quantitative estimate of drug-likeness (QED) is 0.851. The fraction of sp³-hybridized carbons (Fsp3) is 0.588. The van der Waals surface area contributed by atoms with E-state index in [0.29, 0.717) is 12.8 Å². The predicted molar refractivity (Wildman–Crippen MR) is 94.9 cm³/mol. The number of piperazine rings is 1. The molecule has 1 atom stereocenters. The van der Waals surface area contributed by atoms with E-state index in [1.54, 1.807) is 0 Å². The van der Waals surface area contributed by atoms with E-state index in [1.165, 1.54) is 5.56 Å². The molecule has 1 aromatic rings. The summed E-state index contributed by atoms with van der Waals surface area (Å²) in [6.45, 7) is 9.62. The number of benzene rings is 1. The van der Waals surface area contributed by atoms with E-state index in [9.17, 15) is 0 Å². The summed E-state index contributed by atoms with van der Waals surface area (Å²) in [5.74, 6) is 1.71. The minimum Gasteiger partial charge on any atom is -0.454 e. The summed E-state index contributed by atoms with van der Waals surface area (Å²) in [6, 6.07) is 6.65. The molecule has 1 N–H and O–H groups in total. The Kier molecular flexibility index (Phi) is 5.23. The molecule has 5 nitrogen and oxygen atoms in total. The average molecular weight is 335 g/mol. The highest BCUT2D eigenvalue weighted by Gasteiger charge is 2.20. The second-order valence-electron chi connectivity index (χ2n) is 6.21. The normalized spacial score (nSPS) is 18.8. The third-order valence-corrected chi connectivity index (χ3v) is 4.86. The van der Waals surface area contributed by atoms with E-state index in [4.69, 9.17) is 21.7 Å². The van der Waals surface area contributed by atoms with Gasteiger partial charge < -0.3 is 19.7 Å². The average Bonchev–Trinajstić information content (AvgIpc) is 3.03. The standard InChI is InChI=1S/C17H25N3O2S/c1-3-13(2)18-17(23)20-8-6-19(7-9-20)11-14-4-5-15-16(10-14)22-12-21-15/h4-5,10,13H,3,6-9,11-12H2,1-2H3,(H,18,23)/t13-/m1/s1. The summed E-state index contributed by atoms with van der Waals surface area (Å²) in [5, 5.41) is 4.29. The highest BCUT2D eigenvalue weighted by Crippen LogP contribution is 2.32. The molecule has 0 bridgehead atoms. The molecular weight excluding hydrogens is 310 g/mol. The zero-order valence-corrected chi connectivity index (χ0v) is 14.7. The zero-order chi connectivity index (χ0) is 16.2. The number of nitrogens with zero attached hydrogens (tertiary/aromatic N) is 2. The number of hydrogen-bond acceptors (Lipinski definition) is 4. The molecule has 2 aliphatic heterocycles. The minimum atomic E-state index is 0.331. The second-order valence-corrected chi connectivity index (χ2v) is 6.60. The van der Waals surface area contributed by atoms with Crippen molar-refractivity contribution in [2.24, 2.45) is 0 Å². The lowest BCUT2D eigenvalue weighted by atomic mass is 10.1. The molecule has 1 saturated heterocycles. The van der Waals surface area contributed by atoms with Gasteiger partial charge in [-0.05, 0) is 43.3 Å². The Morgan fingerprint density at radius 3 is 2.70 bits per heavy atom. The summed E-state index contributed by atoms with van der Waals surface area (Å²) in [5.41, 5.74) is 1.27. The predicted octanol–water partition coefficient (Wildman–Crippen LogP) is 2.21. The van der Waals surface area contributed by atoms with E-state index in [2.05, 4.69) is 41.1 Å². The molecule has 0 unspecified atom stereocenters. The Bertz CT molecular complexity index is 559. The van der Waals surface area contributed by atoms with Gasteiger partial charge in [-0.3, -0.25) is 4.90 Å². The Balaban J connectivity index is 1.48. The molecule has 2 aliphatic rings. The molecule has 0 aliphatic carbocycles. The third kappa shape index (κ3) is 4.06. The zero-order valence-electron chi connectivity index (χ0n) is 13.9. The van der Waals surface area contributed by atoms with Crippen molar-refractivity contribution in [1.82, 2.24) is 15.1 Å². The van der Waals surface area contributed by atoms with Crippen LogP contribution in [0.3, 0.4) is 0 Å². The Labute approximate surface area is 143 Å². The van der Waals surface area contributed by atoms with E-state index < -0.39 is 0 Å². The molecule has 0 saturated carbocycles. The minimum absolute atomic E-state index is 0.331. The van der Waals surface area contributed by atoms with Crippen LogP contribution in [-0.2, 0) is 6.54 Å². The van der Waals surface area contributed by atoms with Crippen molar-refractivity contribution >= 4 is 17.3 Å². The van der Waals surface area contributed by atoms with Crippen molar-refractivity contribution in [2.75, 3.05) is 33.0 Å². The lowest BCUT2D eigenvalue weighted by Gasteiger charge is -2.37. The molecule has 0 spiro atoms. The van der Waals surface area contributed by atoms with Crippen molar-refractivity contribution in [3.8, 4) is 11.5 Å².